The zero-order chi connectivity index (χ0) is 17.2. The van der Waals surface area contributed by atoms with Crippen LogP contribution in [-0.2, 0) is 6.16 Å². The minimum absolute atomic E-state index is 0.342. The molecule has 4 rings (SSSR count). The minimum atomic E-state index is -2.25. The van der Waals surface area contributed by atoms with Crippen molar-refractivity contribution in [2.24, 2.45) is 0 Å². The molecule has 3 nitrogen and oxygen atoms in total. The van der Waals surface area contributed by atoms with E-state index in [-0.39, 0.29) is 0 Å². The van der Waals surface area contributed by atoms with Gasteiger partial charge in [-0.15, -0.1) is 11.3 Å². The maximum atomic E-state index is 9.27. The van der Waals surface area contributed by atoms with Gasteiger partial charge in [0.1, 0.15) is 6.16 Å². The number of pyridine rings is 1. The number of nitrogens with zero attached hydrogens (tertiary/aromatic N) is 1. The SMILES string of the molecule is O[PH+](O)Cc1ccc(-c2cc(-c3ccccc3)c3ccccc3n2)s1. The van der Waals surface area contributed by atoms with Crippen molar-refractivity contribution in [1.82, 2.24) is 4.98 Å². The molecule has 2 aromatic heterocycles. The monoisotopic (exact) mass is 366 g/mol. The van der Waals surface area contributed by atoms with Gasteiger partial charge in [0.25, 0.3) is 8.38 Å². The van der Waals surface area contributed by atoms with Gasteiger partial charge in [-0.3, -0.25) is 0 Å². The molecule has 0 spiro atoms. The topological polar surface area (TPSA) is 53.4 Å². The fourth-order valence-corrected chi connectivity index (χ4v) is 4.79. The summed E-state index contributed by atoms with van der Waals surface area (Å²) in [4.78, 5) is 25.4. The molecule has 0 bridgehead atoms. The number of hydrogen-bond donors (Lipinski definition) is 2. The molecule has 0 amide bonds. The molecule has 5 heteroatoms. The molecular formula is C20H17NO2PS+. The molecule has 124 valence electrons. The molecule has 0 saturated heterocycles. The molecule has 0 aliphatic carbocycles. The molecule has 0 unspecified atom stereocenters. The second-order valence-corrected chi connectivity index (χ2v) is 8.15. The van der Waals surface area contributed by atoms with Crippen LogP contribution in [-0.4, -0.2) is 14.8 Å². The highest BCUT2D eigenvalue weighted by Gasteiger charge is 2.14. The summed E-state index contributed by atoms with van der Waals surface area (Å²) in [5.41, 5.74) is 4.20. The Morgan fingerprint density at radius 1 is 0.880 bits per heavy atom. The van der Waals surface area contributed by atoms with Gasteiger partial charge < -0.3 is 0 Å². The van der Waals surface area contributed by atoms with E-state index in [2.05, 4.69) is 24.3 Å². The maximum Gasteiger partial charge on any atom is 0.261 e. The quantitative estimate of drug-likeness (QED) is 0.491. The molecule has 0 aliphatic rings. The summed E-state index contributed by atoms with van der Waals surface area (Å²) in [6, 6.07) is 24.6. The number of rotatable bonds is 4. The van der Waals surface area contributed by atoms with E-state index in [1.54, 1.807) is 11.3 Å². The van der Waals surface area contributed by atoms with Crippen molar-refractivity contribution < 1.29 is 9.79 Å². The Kier molecular flexibility index (Phi) is 4.60. The summed E-state index contributed by atoms with van der Waals surface area (Å²) in [7, 11) is -2.25. The van der Waals surface area contributed by atoms with Gasteiger partial charge in [0.2, 0.25) is 0 Å². The van der Waals surface area contributed by atoms with E-state index in [4.69, 9.17) is 4.98 Å². The van der Waals surface area contributed by atoms with Crippen LogP contribution in [0.4, 0.5) is 0 Å². The molecular weight excluding hydrogens is 349 g/mol. The molecule has 0 fully saturated rings. The number of fused-ring (bicyclic) bond motifs is 1. The zero-order valence-electron chi connectivity index (χ0n) is 13.4. The third-order valence-electron chi connectivity index (χ3n) is 4.05. The third-order valence-corrected chi connectivity index (χ3v) is 6.11. The van der Waals surface area contributed by atoms with Crippen molar-refractivity contribution in [3.05, 3.63) is 77.7 Å². The zero-order valence-corrected chi connectivity index (χ0v) is 15.2. The van der Waals surface area contributed by atoms with Crippen LogP contribution in [0, 0.1) is 0 Å². The van der Waals surface area contributed by atoms with Crippen LogP contribution in [0.1, 0.15) is 4.88 Å². The van der Waals surface area contributed by atoms with Gasteiger partial charge in [-0.25, -0.2) is 14.8 Å². The van der Waals surface area contributed by atoms with Crippen molar-refractivity contribution in [3.8, 4) is 21.7 Å². The van der Waals surface area contributed by atoms with E-state index >= 15 is 0 Å². The fourth-order valence-electron chi connectivity index (χ4n) is 2.92. The summed E-state index contributed by atoms with van der Waals surface area (Å²) in [5, 5.41) is 1.13. The number of para-hydroxylation sites is 1. The molecule has 2 aromatic carbocycles. The van der Waals surface area contributed by atoms with Crippen molar-refractivity contribution in [3.63, 3.8) is 0 Å². The van der Waals surface area contributed by atoms with E-state index in [0.717, 1.165) is 37.5 Å². The van der Waals surface area contributed by atoms with Crippen molar-refractivity contribution in [2.45, 2.75) is 6.16 Å². The predicted molar refractivity (Wildman–Crippen MR) is 107 cm³/mol. The highest BCUT2D eigenvalue weighted by atomic mass is 32.1. The smallest absolute Gasteiger partial charge is 0.247 e. The van der Waals surface area contributed by atoms with Gasteiger partial charge >= 0.3 is 0 Å². The standard InChI is InChI=1S/C20H16NO2PS/c22-24(23)13-15-10-11-20(25-15)19-12-17(14-6-2-1-3-7-14)16-8-4-5-9-18(16)21-19/h1-12,22-23H,13H2/p+1. The summed E-state index contributed by atoms with van der Waals surface area (Å²) >= 11 is 1.57. The van der Waals surface area contributed by atoms with Crippen molar-refractivity contribution >= 4 is 30.6 Å². The average Bonchev–Trinajstić information content (AvgIpc) is 3.09. The number of benzene rings is 2. The summed E-state index contributed by atoms with van der Waals surface area (Å²) in [5.74, 6) is 0. The van der Waals surface area contributed by atoms with Gasteiger partial charge in [0, 0.05) is 10.3 Å². The highest BCUT2D eigenvalue weighted by molar-refractivity contribution is 7.44. The summed E-state index contributed by atoms with van der Waals surface area (Å²) in [6.45, 7) is 0. The van der Waals surface area contributed by atoms with E-state index in [1.807, 2.05) is 48.5 Å². The Morgan fingerprint density at radius 2 is 1.64 bits per heavy atom. The molecule has 2 N–H and O–H groups in total. The number of aromatic nitrogens is 1. The van der Waals surface area contributed by atoms with Gasteiger partial charge in [-0.1, -0.05) is 48.5 Å². The Balaban J connectivity index is 1.87. The first-order chi connectivity index (χ1) is 12.2. The third kappa shape index (κ3) is 3.48. The normalized spacial score (nSPS) is 11.3. The number of thiophene rings is 1. The predicted octanol–water partition coefficient (Wildman–Crippen LogP) is 5.16. The minimum Gasteiger partial charge on any atom is -0.247 e. The lowest BCUT2D eigenvalue weighted by atomic mass is 10.00. The van der Waals surface area contributed by atoms with Gasteiger partial charge in [0.05, 0.1) is 16.1 Å². The van der Waals surface area contributed by atoms with Crippen LogP contribution in [0.2, 0.25) is 0 Å². The Hall–Kier alpha value is -2.10. The second kappa shape index (κ2) is 7.03. The first-order valence-electron chi connectivity index (χ1n) is 7.99. The van der Waals surface area contributed by atoms with Gasteiger partial charge in [-0.05, 0) is 35.4 Å². The summed E-state index contributed by atoms with van der Waals surface area (Å²) < 4.78 is 0. The largest absolute Gasteiger partial charge is 0.261 e. The lowest BCUT2D eigenvalue weighted by Crippen LogP contribution is -1.88. The molecule has 2 heterocycles. The number of hydrogen-bond acceptors (Lipinski definition) is 4. The van der Waals surface area contributed by atoms with Crippen LogP contribution < -0.4 is 0 Å². The van der Waals surface area contributed by atoms with Crippen LogP contribution in [0.25, 0.3) is 32.6 Å². The molecule has 0 saturated carbocycles. The van der Waals surface area contributed by atoms with E-state index in [1.165, 1.54) is 0 Å². The van der Waals surface area contributed by atoms with E-state index < -0.39 is 8.38 Å². The summed E-state index contributed by atoms with van der Waals surface area (Å²) in [6.07, 6.45) is 0.342. The van der Waals surface area contributed by atoms with Crippen LogP contribution in [0.5, 0.6) is 0 Å². The van der Waals surface area contributed by atoms with Crippen LogP contribution in [0.15, 0.2) is 72.8 Å². The average molecular weight is 366 g/mol. The Labute approximate surface area is 151 Å². The van der Waals surface area contributed by atoms with Crippen molar-refractivity contribution in [1.29, 1.82) is 0 Å². The first kappa shape index (κ1) is 16.4. The molecule has 0 aliphatic heterocycles. The molecule has 25 heavy (non-hydrogen) atoms. The molecule has 4 aromatic rings. The van der Waals surface area contributed by atoms with Crippen molar-refractivity contribution in [2.75, 3.05) is 0 Å². The molecule has 0 radical (unpaired) electrons. The van der Waals surface area contributed by atoms with Gasteiger partial charge in [-0.2, -0.15) is 0 Å². The maximum absolute atomic E-state index is 9.27. The van der Waals surface area contributed by atoms with E-state index in [0.29, 0.717) is 6.16 Å². The molecule has 0 atom stereocenters. The lowest BCUT2D eigenvalue weighted by Gasteiger charge is -2.09. The van der Waals surface area contributed by atoms with Crippen LogP contribution in [0.3, 0.4) is 0 Å². The Morgan fingerprint density at radius 3 is 2.44 bits per heavy atom. The first-order valence-corrected chi connectivity index (χ1v) is 10.4. The lowest BCUT2D eigenvalue weighted by molar-refractivity contribution is 0.482. The fraction of sp³-hybridized carbons (Fsp3) is 0.0500. The Bertz CT molecular complexity index is 1010. The second-order valence-electron chi connectivity index (χ2n) is 5.80. The van der Waals surface area contributed by atoms with E-state index in [9.17, 15) is 9.79 Å². The van der Waals surface area contributed by atoms with Crippen LogP contribution >= 0.6 is 19.7 Å². The van der Waals surface area contributed by atoms with Gasteiger partial charge in [0.15, 0.2) is 0 Å². The highest BCUT2D eigenvalue weighted by Crippen LogP contribution is 2.37.